The van der Waals surface area contributed by atoms with Gasteiger partial charge in [0.2, 0.25) is 11.7 Å². The first-order valence-electron chi connectivity index (χ1n) is 8.91. The van der Waals surface area contributed by atoms with Crippen LogP contribution in [-0.2, 0) is 11.3 Å². The van der Waals surface area contributed by atoms with Gasteiger partial charge in [0.25, 0.3) is 5.91 Å². The lowest BCUT2D eigenvalue weighted by Gasteiger charge is -2.25. The number of carbonyl (C=O) groups is 2. The second kappa shape index (κ2) is 8.47. The van der Waals surface area contributed by atoms with E-state index in [9.17, 15) is 9.59 Å². The zero-order chi connectivity index (χ0) is 20.1. The molecule has 0 aliphatic heterocycles. The van der Waals surface area contributed by atoms with Gasteiger partial charge in [0.15, 0.2) is 0 Å². The fourth-order valence-electron chi connectivity index (χ4n) is 2.68. The van der Waals surface area contributed by atoms with E-state index in [4.69, 9.17) is 9.26 Å². The molecule has 0 aliphatic rings. The number of hydrogen-bond acceptors (Lipinski definition) is 6. The number of ether oxygens (including phenoxy) is 1. The van der Waals surface area contributed by atoms with Crippen molar-refractivity contribution in [2.45, 2.75) is 33.4 Å². The normalized spacial score (nSPS) is 10.7. The maximum Gasteiger partial charge on any atom is 0.308 e. The van der Waals surface area contributed by atoms with Crippen molar-refractivity contribution >= 4 is 11.9 Å². The number of rotatable bonds is 6. The van der Waals surface area contributed by atoms with Crippen LogP contribution in [-0.4, -0.2) is 33.0 Å². The third-order valence-corrected chi connectivity index (χ3v) is 4.03. The Balaban J connectivity index is 1.80. The van der Waals surface area contributed by atoms with Crippen LogP contribution in [0.15, 0.2) is 59.1 Å². The Morgan fingerprint density at radius 3 is 2.54 bits per heavy atom. The summed E-state index contributed by atoms with van der Waals surface area (Å²) in [5.74, 6) is 0.486. The van der Waals surface area contributed by atoms with Gasteiger partial charge in [0.1, 0.15) is 12.3 Å². The fourth-order valence-corrected chi connectivity index (χ4v) is 2.68. The quantitative estimate of drug-likeness (QED) is 0.479. The molecule has 3 aromatic rings. The molecule has 0 spiro atoms. The number of benzene rings is 2. The Morgan fingerprint density at radius 1 is 1.11 bits per heavy atom. The molecular weight excluding hydrogens is 358 g/mol. The zero-order valence-electron chi connectivity index (χ0n) is 16.0. The Kier molecular flexibility index (Phi) is 5.84. The smallest absolute Gasteiger partial charge is 0.308 e. The maximum atomic E-state index is 13.0. The maximum absolute atomic E-state index is 13.0. The summed E-state index contributed by atoms with van der Waals surface area (Å²) in [6.07, 6.45) is 0. The molecule has 144 valence electrons. The van der Waals surface area contributed by atoms with Crippen molar-refractivity contribution in [1.82, 2.24) is 15.0 Å². The van der Waals surface area contributed by atoms with Gasteiger partial charge in [-0.25, -0.2) is 0 Å². The lowest BCUT2D eigenvalue weighted by atomic mass is 10.1. The van der Waals surface area contributed by atoms with Crippen LogP contribution < -0.4 is 4.74 Å². The van der Waals surface area contributed by atoms with Crippen LogP contribution in [0.25, 0.3) is 11.4 Å². The van der Waals surface area contributed by atoms with Gasteiger partial charge >= 0.3 is 5.97 Å². The molecule has 1 aromatic heterocycles. The third-order valence-electron chi connectivity index (χ3n) is 4.03. The van der Waals surface area contributed by atoms with Crippen molar-refractivity contribution in [3.8, 4) is 17.1 Å². The van der Waals surface area contributed by atoms with E-state index in [0.29, 0.717) is 23.0 Å². The lowest BCUT2D eigenvalue weighted by Crippen LogP contribution is -2.36. The van der Waals surface area contributed by atoms with Gasteiger partial charge in [-0.3, -0.25) is 9.59 Å². The molecule has 0 atom stereocenters. The third kappa shape index (κ3) is 4.62. The van der Waals surface area contributed by atoms with Crippen LogP contribution in [0.2, 0.25) is 0 Å². The van der Waals surface area contributed by atoms with E-state index >= 15 is 0 Å². The van der Waals surface area contributed by atoms with E-state index in [2.05, 4.69) is 10.1 Å². The average molecular weight is 379 g/mol. The van der Waals surface area contributed by atoms with Gasteiger partial charge in [-0.2, -0.15) is 4.98 Å². The van der Waals surface area contributed by atoms with Crippen molar-refractivity contribution in [2.75, 3.05) is 0 Å². The predicted molar refractivity (Wildman–Crippen MR) is 102 cm³/mol. The summed E-state index contributed by atoms with van der Waals surface area (Å²) in [5.41, 5.74) is 1.25. The van der Waals surface area contributed by atoms with E-state index in [-0.39, 0.29) is 18.5 Å². The van der Waals surface area contributed by atoms with Crippen LogP contribution in [0, 0.1) is 0 Å². The van der Waals surface area contributed by atoms with E-state index in [1.165, 1.54) is 6.92 Å². The summed E-state index contributed by atoms with van der Waals surface area (Å²) in [6.45, 7) is 5.30. The van der Waals surface area contributed by atoms with Gasteiger partial charge in [-0.05, 0) is 32.0 Å². The van der Waals surface area contributed by atoms with Crippen molar-refractivity contribution in [3.63, 3.8) is 0 Å². The van der Waals surface area contributed by atoms with Gasteiger partial charge in [0, 0.05) is 24.1 Å². The van der Waals surface area contributed by atoms with Gasteiger partial charge in [0.05, 0.1) is 0 Å². The number of amides is 1. The molecule has 0 unspecified atom stereocenters. The topological polar surface area (TPSA) is 85.5 Å². The number of aromatic nitrogens is 2. The lowest BCUT2D eigenvalue weighted by molar-refractivity contribution is -0.131. The molecule has 7 nitrogen and oxygen atoms in total. The standard InChI is InChI=1S/C21H21N3O4/c1-14(2)24(21(26)17-10-7-11-18(12-17)27-15(3)25)13-19-22-20(23-28-19)16-8-5-4-6-9-16/h4-12,14H,13H2,1-3H3. The minimum atomic E-state index is -0.440. The molecule has 0 saturated heterocycles. The first kappa shape index (κ1) is 19.3. The van der Waals surface area contributed by atoms with Crippen LogP contribution in [0.4, 0.5) is 0 Å². The number of carbonyl (C=O) groups excluding carboxylic acids is 2. The molecule has 28 heavy (non-hydrogen) atoms. The summed E-state index contributed by atoms with van der Waals surface area (Å²) in [5, 5.41) is 4.00. The van der Waals surface area contributed by atoms with Crippen LogP contribution >= 0.6 is 0 Å². The van der Waals surface area contributed by atoms with Gasteiger partial charge in [-0.15, -0.1) is 0 Å². The van der Waals surface area contributed by atoms with Crippen molar-refractivity contribution in [1.29, 1.82) is 0 Å². The second-order valence-corrected chi connectivity index (χ2v) is 6.53. The Bertz CT molecular complexity index is 967. The minimum absolute atomic E-state index is 0.100. The van der Waals surface area contributed by atoms with Gasteiger partial charge in [-0.1, -0.05) is 41.6 Å². The highest BCUT2D eigenvalue weighted by Gasteiger charge is 2.22. The Hall–Kier alpha value is -3.48. The van der Waals surface area contributed by atoms with E-state index in [0.717, 1.165) is 5.56 Å². The number of nitrogens with zero attached hydrogens (tertiary/aromatic N) is 3. The van der Waals surface area contributed by atoms with E-state index < -0.39 is 5.97 Å². The summed E-state index contributed by atoms with van der Waals surface area (Å²) in [4.78, 5) is 30.2. The molecular formula is C21H21N3O4. The summed E-state index contributed by atoms with van der Waals surface area (Å²) < 4.78 is 10.4. The van der Waals surface area contributed by atoms with E-state index in [1.807, 2.05) is 44.2 Å². The average Bonchev–Trinajstić information content (AvgIpc) is 3.14. The molecule has 2 aromatic carbocycles. The highest BCUT2D eigenvalue weighted by atomic mass is 16.5. The second-order valence-electron chi connectivity index (χ2n) is 6.53. The summed E-state index contributed by atoms with van der Waals surface area (Å²) >= 11 is 0. The van der Waals surface area contributed by atoms with Crippen LogP contribution in [0.3, 0.4) is 0 Å². The molecule has 0 N–H and O–H groups in total. The molecule has 3 rings (SSSR count). The first-order valence-corrected chi connectivity index (χ1v) is 8.91. The summed E-state index contributed by atoms with van der Waals surface area (Å²) in [6, 6.07) is 15.9. The molecule has 0 radical (unpaired) electrons. The van der Waals surface area contributed by atoms with Gasteiger partial charge < -0.3 is 14.2 Å². The molecule has 0 bridgehead atoms. The van der Waals surface area contributed by atoms with Crippen molar-refractivity contribution in [3.05, 3.63) is 66.1 Å². The number of hydrogen-bond donors (Lipinski definition) is 0. The zero-order valence-corrected chi connectivity index (χ0v) is 16.0. The monoisotopic (exact) mass is 379 g/mol. The highest BCUT2D eigenvalue weighted by Crippen LogP contribution is 2.20. The van der Waals surface area contributed by atoms with Crippen molar-refractivity contribution < 1.29 is 18.8 Å². The Morgan fingerprint density at radius 2 is 1.86 bits per heavy atom. The van der Waals surface area contributed by atoms with E-state index in [1.54, 1.807) is 29.2 Å². The van der Waals surface area contributed by atoms with Crippen LogP contribution in [0.5, 0.6) is 5.75 Å². The van der Waals surface area contributed by atoms with Crippen molar-refractivity contribution in [2.24, 2.45) is 0 Å². The summed E-state index contributed by atoms with van der Waals surface area (Å²) in [7, 11) is 0. The molecule has 0 fully saturated rings. The minimum Gasteiger partial charge on any atom is -0.427 e. The Labute approximate surface area is 162 Å². The molecule has 7 heteroatoms. The largest absolute Gasteiger partial charge is 0.427 e. The number of esters is 1. The first-order chi connectivity index (χ1) is 13.4. The molecule has 0 saturated carbocycles. The fraction of sp³-hybridized carbons (Fsp3) is 0.238. The predicted octanol–water partition coefficient (Wildman–Crippen LogP) is 3.71. The molecule has 0 aliphatic carbocycles. The molecule has 1 amide bonds. The molecule has 1 heterocycles. The highest BCUT2D eigenvalue weighted by molar-refractivity contribution is 5.94. The SMILES string of the molecule is CC(=O)Oc1cccc(C(=O)N(Cc2nc(-c3ccccc3)no2)C(C)C)c1. The van der Waals surface area contributed by atoms with Crippen LogP contribution in [0.1, 0.15) is 37.0 Å².